The average Bonchev–Trinajstić information content (AvgIpc) is 2.61. The summed E-state index contributed by atoms with van der Waals surface area (Å²) in [5.74, 6) is 1.02. The van der Waals surface area contributed by atoms with Gasteiger partial charge in [-0.15, -0.1) is 0 Å². The standard InChI is InChI=1S/C21H17NO3/c22-15-3-1-2-14(10-15)21-18-9-8-17(24)11-20(18)25-12-19(21)13-4-6-16(23)7-5-13/h1-11,23-24H,12,22H2. The van der Waals surface area contributed by atoms with Crippen LogP contribution in [0.1, 0.15) is 16.7 Å². The summed E-state index contributed by atoms with van der Waals surface area (Å²) in [6.45, 7) is 0.366. The Morgan fingerprint density at radius 2 is 1.56 bits per heavy atom. The molecular formula is C21H17NO3. The molecule has 0 saturated carbocycles. The highest BCUT2D eigenvalue weighted by Gasteiger charge is 2.23. The van der Waals surface area contributed by atoms with Gasteiger partial charge in [0.1, 0.15) is 23.9 Å². The van der Waals surface area contributed by atoms with E-state index >= 15 is 0 Å². The average molecular weight is 331 g/mol. The maximum absolute atomic E-state index is 9.76. The normalized spacial score (nSPS) is 13.3. The van der Waals surface area contributed by atoms with Gasteiger partial charge in [-0.2, -0.15) is 0 Å². The highest BCUT2D eigenvalue weighted by atomic mass is 16.5. The Morgan fingerprint density at radius 3 is 2.32 bits per heavy atom. The van der Waals surface area contributed by atoms with Crippen molar-refractivity contribution in [3.8, 4) is 17.2 Å². The van der Waals surface area contributed by atoms with Crippen molar-refractivity contribution in [2.75, 3.05) is 12.3 Å². The minimum absolute atomic E-state index is 0.166. The van der Waals surface area contributed by atoms with E-state index in [0.717, 1.165) is 27.8 Å². The van der Waals surface area contributed by atoms with Crippen LogP contribution in [0.4, 0.5) is 5.69 Å². The van der Waals surface area contributed by atoms with Crippen molar-refractivity contribution in [3.05, 3.63) is 83.4 Å². The van der Waals surface area contributed by atoms with Crippen molar-refractivity contribution in [3.63, 3.8) is 0 Å². The second-order valence-electron chi connectivity index (χ2n) is 6.00. The molecule has 3 aromatic carbocycles. The molecule has 4 nitrogen and oxygen atoms in total. The van der Waals surface area contributed by atoms with E-state index in [0.29, 0.717) is 18.0 Å². The molecule has 0 bridgehead atoms. The second-order valence-corrected chi connectivity index (χ2v) is 6.00. The van der Waals surface area contributed by atoms with Crippen LogP contribution < -0.4 is 10.5 Å². The molecule has 0 radical (unpaired) electrons. The first-order valence-corrected chi connectivity index (χ1v) is 7.96. The predicted molar refractivity (Wildman–Crippen MR) is 98.5 cm³/mol. The molecule has 1 heterocycles. The maximum Gasteiger partial charge on any atom is 0.131 e. The van der Waals surface area contributed by atoms with Gasteiger partial charge in [-0.05, 0) is 53.1 Å². The van der Waals surface area contributed by atoms with Gasteiger partial charge >= 0.3 is 0 Å². The first-order valence-electron chi connectivity index (χ1n) is 7.96. The number of ether oxygens (including phenoxy) is 1. The number of benzene rings is 3. The molecule has 0 aliphatic carbocycles. The van der Waals surface area contributed by atoms with Crippen LogP contribution in [0.5, 0.6) is 17.2 Å². The summed E-state index contributed by atoms with van der Waals surface area (Å²) in [7, 11) is 0. The topological polar surface area (TPSA) is 75.7 Å². The number of anilines is 1. The van der Waals surface area contributed by atoms with Gasteiger partial charge in [0.2, 0.25) is 0 Å². The minimum atomic E-state index is 0.166. The fourth-order valence-corrected chi connectivity index (χ4v) is 3.14. The van der Waals surface area contributed by atoms with E-state index in [9.17, 15) is 10.2 Å². The molecule has 1 aliphatic heterocycles. The van der Waals surface area contributed by atoms with Crippen molar-refractivity contribution in [2.45, 2.75) is 0 Å². The number of nitrogens with two attached hydrogens (primary N) is 1. The van der Waals surface area contributed by atoms with Crippen LogP contribution in [0, 0.1) is 0 Å². The first-order chi connectivity index (χ1) is 12.1. The van der Waals surface area contributed by atoms with Gasteiger partial charge in [0.15, 0.2) is 0 Å². The molecule has 4 rings (SSSR count). The van der Waals surface area contributed by atoms with E-state index in [4.69, 9.17) is 10.5 Å². The van der Waals surface area contributed by atoms with E-state index in [-0.39, 0.29) is 11.5 Å². The molecule has 25 heavy (non-hydrogen) atoms. The molecule has 0 unspecified atom stereocenters. The second kappa shape index (κ2) is 5.91. The van der Waals surface area contributed by atoms with Crippen LogP contribution in [-0.4, -0.2) is 16.8 Å². The SMILES string of the molecule is Nc1cccc(C2=C(c3ccc(O)cc3)COc3cc(O)ccc32)c1. The third-order valence-electron chi connectivity index (χ3n) is 4.30. The van der Waals surface area contributed by atoms with Gasteiger partial charge in [0.05, 0.1) is 0 Å². The van der Waals surface area contributed by atoms with Crippen LogP contribution in [0.15, 0.2) is 66.7 Å². The molecule has 0 fully saturated rings. The van der Waals surface area contributed by atoms with Crippen LogP contribution in [0.2, 0.25) is 0 Å². The van der Waals surface area contributed by atoms with Gasteiger partial charge in [-0.3, -0.25) is 0 Å². The monoisotopic (exact) mass is 331 g/mol. The molecule has 4 heteroatoms. The quantitative estimate of drug-likeness (QED) is 0.620. The van der Waals surface area contributed by atoms with Gasteiger partial charge < -0.3 is 20.7 Å². The fraction of sp³-hybridized carbons (Fsp3) is 0.0476. The number of phenols is 2. The van der Waals surface area contributed by atoms with Crippen molar-refractivity contribution in [1.29, 1.82) is 0 Å². The lowest BCUT2D eigenvalue weighted by Gasteiger charge is -2.25. The zero-order chi connectivity index (χ0) is 17.4. The summed E-state index contributed by atoms with van der Waals surface area (Å²) >= 11 is 0. The smallest absolute Gasteiger partial charge is 0.131 e. The molecular weight excluding hydrogens is 314 g/mol. The van der Waals surface area contributed by atoms with Crippen molar-refractivity contribution < 1.29 is 14.9 Å². The van der Waals surface area contributed by atoms with E-state index in [1.165, 1.54) is 0 Å². The van der Waals surface area contributed by atoms with Crippen LogP contribution in [-0.2, 0) is 0 Å². The van der Waals surface area contributed by atoms with Crippen molar-refractivity contribution >= 4 is 16.8 Å². The fourth-order valence-electron chi connectivity index (χ4n) is 3.14. The van der Waals surface area contributed by atoms with Crippen molar-refractivity contribution in [2.24, 2.45) is 0 Å². The lowest BCUT2D eigenvalue weighted by atomic mass is 9.87. The molecule has 0 spiro atoms. The first kappa shape index (κ1) is 15.1. The molecule has 0 saturated heterocycles. The van der Waals surface area contributed by atoms with E-state index in [2.05, 4.69) is 0 Å². The summed E-state index contributed by atoms with van der Waals surface area (Å²) in [4.78, 5) is 0. The highest BCUT2D eigenvalue weighted by molar-refractivity contribution is 6.02. The molecule has 3 aromatic rings. The zero-order valence-electron chi connectivity index (χ0n) is 13.4. The maximum atomic E-state index is 9.76. The van der Waals surface area contributed by atoms with E-state index < -0.39 is 0 Å². The number of nitrogen functional groups attached to an aromatic ring is 1. The number of fused-ring (bicyclic) bond motifs is 1. The number of hydrogen-bond acceptors (Lipinski definition) is 4. The third kappa shape index (κ3) is 2.78. The van der Waals surface area contributed by atoms with Crippen LogP contribution in [0.25, 0.3) is 11.1 Å². The van der Waals surface area contributed by atoms with Gasteiger partial charge in [0.25, 0.3) is 0 Å². The van der Waals surface area contributed by atoms with Gasteiger partial charge in [-0.1, -0.05) is 24.3 Å². The Morgan fingerprint density at radius 1 is 0.800 bits per heavy atom. The Kier molecular flexibility index (Phi) is 3.58. The lowest BCUT2D eigenvalue weighted by Crippen LogP contribution is -2.11. The molecule has 4 N–H and O–H groups in total. The van der Waals surface area contributed by atoms with Crippen LogP contribution >= 0.6 is 0 Å². The van der Waals surface area contributed by atoms with Crippen molar-refractivity contribution in [1.82, 2.24) is 0 Å². The van der Waals surface area contributed by atoms with Crippen LogP contribution in [0.3, 0.4) is 0 Å². The molecule has 0 amide bonds. The Balaban J connectivity index is 1.99. The third-order valence-corrected chi connectivity index (χ3v) is 4.30. The summed E-state index contributed by atoms with van der Waals surface area (Å²) in [5.41, 5.74) is 11.5. The molecule has 0 aromatic heterocycles. The number of aromatic hydroxyl groups is 2. The largest absolute Gasteiger partial charge is 0.508 e. The number of rotatable bonds is 2. The van der Waals surface area contributed by atoms with E-state index in [1.54, 1.807) is 24.3 Å². The van der Waals surface area contributed by atoms with Gasteiger partial charge in [-0.25, -0.2) is 0 Å². The minimum Gasteiger partial charge on any atom is -0.508 e. The number of phenolic OH excluding ortho intramolecular Hbond substituents is 2. The predicted octanol–water partition coefficient (Wildman–Crippen LogP) is 4.03. The summed E-state index contributed by atoms with van der Waals surface area (Å²) in [6.07, 6.45) is 0. The van der Waals surface area contributed by atoms with Gasteiger partial charge in [0, 0.05) is 22.9 Å². The molecule has 0 atom stereocenters. The number of hydrogen-bond donors (Lipinski definition) is 3. The zero-order valence-corrected chi connectivity index (χ0v) is 13.4. The summed E-state index contributed by atoms with van der Waals surface area (Å²) in [6, 6.07) is 19.9. The highest BCUT2D eigenvalue weighted by Crippen LogP contribution is 2.42. The Labute approximate surface area is 145 Å². The Hall–Kier alpha value is -3.40. The summed E-state index contributed by atoms with van der Waals surface area (Å²) in [5, 5.41) is 19.3. The van der Waals surface area contributed by atoms with E-state index in [1.807, 2.05) is 42.5 Å². The molecule has 1 aliphatic rings. The molecule has 124 valence electrons. The lowest BCUT2D eigenvalue weighted by molar-refractivity contribution is 0.361. The summed E-state index contributed by atoms with van der Waals surface area (Å²) < 4.78 is 5.87. The Bertz CT molecular complexity index is 975.